The first kappa shape index (κ1) is 14.2. The normalized spacial score (nSPS) is 11.7. The van der Waals surface area contributed by atoms with Gasteiger partial charge in [0.1, 0.15) is 10.7 Å². The predicted molar refractivity (Wildman–Crippen MR) is 65.9 cm³/mol. The summed E-state index contributed by atoms with van der Waals surface area (Å²) in [6.45, 7) is 2.25. The molecule has 0 radical (unpaired) electrons. The van der Waals surface area contributed by atoms with Crippen LogP contribution in [0.4, 0.5) is 10.1 Å². The predicted octanol–water partition coefficient (Wildman–Crippen LogP) is 2.14. The Morgan fingerprint density at radius 3 is 2.71 bits per heavy atom. The third kappa shape index (κ3) is 3.55. The van der Waals surface area contributed by atoms with Crippen LogP contribution in [0.15, 0.2) is 17.0 Å². The van der Waals surface area contributed by atoms with Gasteiger partial charge >= 0.3 is 0 Å². The zero-order chi connectivity index (χ0) is 13.1. The van der Waals surface area contributed by atoms with Crippen molar-refractivity contribution in [2.45, 2.75) is 24.7 Å². The van der Waals surface area contributed by atoms with E-state index in [1.54, 1.807) is 0 Å². The van der Waals surface area contributed by atoms with Crippen LogP contribution in [-0.2, 0) is 10.0 Å². The van der Waals surface area contributed by atoms with Crippen LogP contribution in [0, 0.1) is 5.82 Å². The zero-order valence-electron chi connectivity index (χ0n) is 9.33. The van der Waals surface area contributed by atoms with Crippen LogP contribution in [0.25, 0.3) is 0 Å². The Balaban J connectivity index is 3.03. The number of rotatable bonds is 5. The smallest absolute Gasteiger partial charge is 0.242 e. The molecule has 0 aromatic heterocycles. The molecular formula is C10H14ClFN2O2S. The average Bonchev–Trinajstić information content (AvgIpc) is 2.23. The van der Waals surface area contributed by atoms with Crippen molar-refractivity contribution in [3.05, 3.63) is 23.0 Å². The van der Waals surface area contributed by atoms with Gasteiger partial charge in [0.2, 0.25) is 10.0 Å². The van der Waals surface area contributed by atoms with Gasteiger partial charge in [-0.05, 0) is 18.6 Å². The minimum Gasteiger partial charge on any atom is -0.396 e. The summed E-state index contributed by atoms with van der Waals surface area (Å²) in [6, 6.07) is 1.91. The van der Waals surface area contributed by atoms with E-state index >= 15 is 0 Å². The van der Waals surface area contributed by atoms with Crippen molar-refractivity contribution in [3.63, 3.8) is 0 Å². The third-order valence-corrected chi connectivity index (χ3v) is 4.09. The quantitative estimate of drug-likeness (QED) is 0.641. The van der Waals surface area contributed by atoms with E-state index in [1.165, 1.54) is 0 Å². The highest BCUT2D eigenvalue weighted by Gasteiger charge is 2.19. The highest BCUT2D eigenvalue weighted by Crippen LogP contribution is 2.26. The van der Waals surface area contributed by atoms with Crippen LogP contribution in [0.5, 0.6) is 0 Å². The lowest BCUT2D eigenvalue weighted by Gasteiger charge is -2.09. The summed E-state index contributed by atoms with van der Waals surface area (Å²) in [4.78, 5) is -0.200. The van der Waals surface area contributed by atoms with Crippen LogP contribution in [-0.4, -0.2) is 15.0 Å². The molecule has 7 heteroatoms. The number of anilines is 1. The minimum absolute atomic E-state index is 0.180. The van der Waals surface area contributed by atoms with Crippen molar-refractivity contribution in [1.82, 2.24) is 4.72 Å². The van der Waals surface area contributed by atoms with Crippen molar-refractivity contribution in [1.29, 1.82) is 0 Å². The highest BCUT2D eigenvalue weighted by atomic mass is 35.5. The lowest BCUT2D eigenvalue weighted by molar-refractivity contribution is 0.578. The second kappa shape index (κ2) is 5.66. The molecule has 0 bridgehead atoms. The maximum atomic E-state index is 13.0. The van der Waals surface area contributed by atoms with E-state index in [-0.39, 0.29) is 15.6 Å². The first-order valence-corrected chi connectivity index (χ1v) is 6.98. The molecular weight excluding hydrogens is 267 g/mol. The summed E-state index contributed by atoms with van der Waals surface area (Å²) < 4.78 is 39.0. The van der Waals surface area contributed by atoms with Crippen molar-refractivity contribution in [3.8, 4) is 0 Å². The molecule has 0 aliphatic carbocycles. The number of nitrogens with one attached hydrogen (secondary N) is 1. The van der Waals surface area contributed by atoms with Gasteiger partial charge in [0.25, 0.3) is 0 Å². The number of nitrogen functional groups attached to an aromatic ring is 1. The number of nitrogens with two attached hydrogens (primary N) is 1. The van der Waals surface area contributed by atoms with Gasteiger partial charge < -0.3 is 5.73 Å². The summed E-state index contributed by atoms with van der Waals surface area (Å²) in [7, 11) is -3.73. The lowest BCUT2D eigenvalue weighted by Crippen LogP contribution is -2.25. The number of unbranched alkanes of at least 4 members (excludes halogenated alkanes) is 1. The van der Waals surface area contributed by atoms with Gasteiger partial charge in [-0.2, -0.15) is 0 Å². The van der Waals surface area contributed by atoms with Crippen LogP contribution in [0.3, 0.4) is 0 Å². The van der Waals surface area contributed by atoms with E-state index in [1.807, 2.05) is 6.92 Å². The Labute approximate surface area is 105 Å². The van der Waals surface area contributed by atoms with Crippen molar-refractivity contribution in [2.24, 2.45) is 0 Å². The maximum absolute atomic E-state index is 13.0. The van der Waals surface area contributed by atoms with Gasteiger partial charge in [-0.1, -0.05) is 24.9 Å². The van der Waals surface area contributed by atoms with E-state index in [0.717, 1.165) is 18.6 Å². The molecule has 1 aromatic carbocycles. The number of hydrogen-bond donors (Lipinski definition) is 2. The average molecular weight is 281 g/mol. The number of sulfonamides is 1. The summed E-state index contributed by atoms with van der Waals surface area (Å²) in [5.74, 6) is -0.734. The third-order valence-electron chi connectivity index (χ3n) is 2.16. The Morgan fingerprint density at radius 1 is 1.47 bits per heavy atom. The topological polar surface area (TPSA) is 72.2 Å². The van der Waals surface area contributed by atoms with Crippen LogP contribution < -0.4 is 10.5 Å². The highest BCUT2D eigenvalue weighted by molar-refractivity contribution is 7.89. The van der Waals surface area contributed by atoms with Gasteiger partial charge in [0.15, 0.2) is 0 Å². The Morgan fingerprint density at radius 2 is 2.12 bits per heavy atom. The van der Waals surface area contributed by atoms with Crippen LogP contribution in [0.2, 0.25) is 5.02 Å². The van der Waals surface area contributed by atoms with Crippen molar-refractivity contribution < 1.29 is 12.8 Å². The fraction of sp³-hybridized carbons (Fsp3) is 0.400. The van der Waals surface area contributed by atoms with E-state index in [0.29, 0.717) is 13.0 Å². The maximum Gasteiger partial charge on any atom is 0.242 e. The lowest BCUT2D eigenvalue weighted by atomic mass is 10.3. The summed E-state index contributed by atoms with van der Waals surface area (Å²) in [5.41, 5.74) is 5.07. The molecule has 0 unspecified atom stereocenters. The standard InChI is InChI=1S/C10H14ClFN2O2S/c1-2-3-4-14-17(15,16)10-6-9(13)8(12)5-7(10)11/h5-6,14H,2-4,13H2,1H3. The molecule has 0 atom stereocenters. The Hall–Kier alpha value is -0.850. The molecule has 0 spiro atoms. The number of benzene rings is 1. The second-order valence-electron chi connectivity index (χ2n) is 3.56. The largest absolute Gasteiger partial charge is 0.396 e. The number of halogens is 2. The molecule has 0 amide bonds. The molecule has 4 nitrogen and oxygen atoms in total. The summed E-state index contributed by atoms with van der Waals surface area (Å²) in [5, 5.41) is -0.180. The molecule has 1 rings (SSSR count). The molecule has 0 aliphatic heterocycles. The fourth-order valence-electron chi connectivity index (χ4n) is 1.21. The zero-order valence-corrected chi connectivity index (χ0v) is 10.9. The van der Waals surface area contributed by atoms with Gasteiger partial charge in [-0.3, -0.25) is 0 Å². The first-order chi connectivity index (χ1) is 7.88. The van der Waals surface area contributed by atoms with Gasteiger partial charge in [-0.15, -0.1) is 0 Å². The molecule has 96 valence electrons. The molecule has 1 aromatic rings. The molecule has 0 saturated carbocycles. The van der Waals surface area contributed by atoms with Crippen LogP contribution in [0.1, 0.15) is 19.8 Å². The Bertz CT molecular complexity index is 505. The van der Waals surface area contributed by atoms with Gasteiger partial charge in [0, 0.05) is 6.54 Å². The number of hydrogen-bond acceptors (Lipinski definition) is 3. The van der Waals surface area contributed by atoms with Crippen LogP contribution >= 0.6 is 11.6 Å². The fourth-order valence-corrected chi connectivity index (χ4v) is 2.83. The second-order valence-corrected chi connectivity index (χ2v) is 5.70. The molecule has 0 heterocycles. The van der Waals surface area contributed by atoms with E-state index in [4.69, 9.17) is 17.3 Å². The van der Waals surface area contributed by atoms with Gasteiger partial charge in [0.05, 0.1) is 10.7 Å². The van der Waals surface area contributed by atoms with Crippen molar-refractivity contribution in [2.75, 3.05) is 12.3 Å². The van der Waals surface area contributed by atoms with E-state index in [2.05, 4.69) is 4.72 Å². The monoisotopic (exact) mass is 280 g/mol. The molecule has 0 fully saturated rings. The molecule has 17 heavy (non-hydrogen) atoms. The first-order valence-electron chi connectivity index (χ1n) is 5.12. The van der Waals surface area contributed by atoms with E-state index in [9.17, 15) is 12.8 Å². The molecule has 0 saturated heterocycles. The van der Waals surface area contributed by atoms with Gasteiger partial charge in [-0.25, -0.2) is 17.5 Å². The minimum atomic E-state index is -3.73. The SMILES string of the molecule is CCCCNS(=O)(=O)c1cc(N)c(F)cc1Cl. The summed E-state index contributed by atoms with van der Waals surface area (Å²) >= 11 is 5.68. The van der Waals surface area contributed by atoms with E-state index < -0.39 is 15.8 Å². The molecule has 0 aliphatic rings. The van der Waals surface area contributed by atoms with Crippen molar-refractivity contribution >= 4 is 27.3 Å². The molecule has 3 N–H and O–H groups in total. The summed E-state index contributed by atoms with van der Waals surface area (Å²) in [6.07, 6.45) is 1.58. The Kier molecular flexibility index (Phi) is 4.73.